The van der Waals surface area contributed by atoms with Crippen molar-refractivity contribution < 1.29 is 0 Å². The molecule has 2 fully saturated rings. The van der Waals surface area contributed by atoms with Gasteiger partial charge in [-0.15, -0.1) is 0 Å². The zero-order chi connectivity index (χ0) is 7.68. The zero-order valence-electron chi connectivity index (χ0n) is 7.08. The third kappa shape index (κ3) is 1.73. The first kappa shape index (κ1) is 7.93. The van der Waals surface area contributed by atoms with E-state index in [1.807, 2.05) is 0 Å². The summed E-state index contributed by atoms with van der Waals surface area (Å²) in [4.78, 5) is 5.03. The van der Waals surface area contributed by atoms with Crippen molar-refractivity contribution in [2.75, 3.05) is 38.7 Å². The molecule has 3 nitrogen and oxygen atoms in total. The first-order valence-electron chi connectivity index (χ1n) is 4.26. The topological polar surface area (TPSA) is 18.5 Å². The van der Waals surface area contributed by atoms with Crippen LogP contribution in [0.5, 0.6) is 0 Å². The van der Waals surface area contributed by atoms with Gasteiger partial charge < -0.3 is 0 Å². The Bertz CT molecular complexity index is 130. The molecule has 2 rings (SSSR count). The molecule has 0 spiro atoms. The molecule has 0 aromatic carbocycles. The Morgan fingerprint density at radius 1 is 1.27 bits per heavy atom. The van der Waals surface area contributed by atoms with Gasteiger partial charge in [-0.05, 0) is 6.16 Å². The lowest BCUT2D eigenvalue weighted by Crippen LogP contribution is -2.56. The maximum Gasteiger partial charge on any atom is 0.0537 e. The third-order valence-electron chi connectivity index (χ3n) is 2.32. The fraction of sp³-hybridized carbons (Fsp3) is 1.00. The van der Waals surface area contributed by atoms with Crippen molar-refractivity contribution in [3.05, 3.63) is 0 Å². The van der Waals surface area contributed by atoms with E-state index in [1.54, 1.807) is 0 Å². The molecule has 0 aliphatic carbocycles. The van der Waals surface area contributed by atoms with E-state index in [1.165, 1.54) is 25.4 Å². The van der Waals surface area contributed by atoms with E-state index < -0.39 is 0 Å². The van der Waals surface area contributed by atoms with E-state index >= 15 is 0 Å². The molecule has 4 heteroatoms. The Morgan fingerprint density at radius 3 is 2.45 bits per heavy atom. The second-order valence-corrected chi connectivity index (χ2v) is 5.86. The van der Waals surface area contributed by atoms with E-state index in [0.717, 1.165) is 13.3 Å². The van der Waals surface area contributed by atoms with Crippen LogP contribution in [0.4, 0.5) is 0 Å². The molecule has 2 aliphatic rings. The number of rotatable bonds is 1. The number of nitrogens with zero attached hydrogens (tertiary/aromatic N) is 2. The molecule has 0 saturated carbocycles. The second kappa shape index (κ2) is 3.36. The van der Waals surface area contributed by atoms with Crippen LogP contribution in [0.3, 0.4) is 0 Å². The molecule has 11 heavy (non-hydrogen) atoms. The highest BCUT2D eigenvalue weighted by Gasteiger charge is 2.26. The van der Waals surface area contributed by atoms with Gasteiger partial charge in [0.15, 0.2) is 0 Å². The highest BCUT2D eigenvalue weighted by Crippen LogP contribution is 2.39. The highest BCUT2D eigenvalue weighted by molar-refractivity contribution is 7.57. The normalized spacial score (nSPS) is 43.9. The summed E-state index contributed by atoms with van der Waals surface area (Å²) in [6.07, 6.45) is 4.10. The molecule has 2 aliphatic heterocycles. The molecule has 0 radical (unpaired) electrons. The van der Waals surface area contributed by atoms with Crippen molar-refractivity contribution in [3.63, 3.8) is 0 Å². The van der Waals surface area contributed by atoms with Crippen LogP contribution in [0.15, 0.2) is 0 Å². The van der Waals surface area contributed by atoms with Gasteiger partial charge in [-0.1, -0.05) is 14.8 Å². The van der Waals surface area contributed by atoms with Crippen LogP contribution in [-0.4, -0.2) is 48.5 Å². The maximum absolute atomic E-state index is 3.39. The summed E-state index contributed by atoms with van der Waals surface area (Å²) in [5.41, 5.74) is 0. The Hall–Kier alpha value is 0.310. The number of hydrogen-bond acceptors (Lipinski definition) is 3. The van der Waals surface area contributed by atoms with Crippen molar-refractivity contribution in [2.24, 2.45) is 0 Å². The van der Waals surface area contributed by atoms with Gasteiger partial charge in [-0.3, -0.25) is 15.1 Å². The lowest BCUT2D eigenvalue weighted by molar-refractivity contribution is 0.0837. The SMILES string of the molecule is CCP1CN2CNCN(C2)C1. The van der Waals surface area contributed by atoms with Crippen LogP contribution in [0.1, 0.15) is 6.92 Å². The summed E-state index contributed by atoms with van der Waals surface area (Å²) in [5, 5.41) is 3.39. The standard InChI is InChI=1S/C7H16N3P/c1-2-11-6-9-3-8-4-10(5-9)7-11/h8H,2-7H2,1H3. The van der Waals surface area contributed by atoms with E-state index in [-0.39, 0.29) is 0 Å². The molecule has 2 atom stereocenters. The van der Waals surface area contributed by atoms with E-state index in [2.05, 4.69) is 22.0 Å². The van der Waals surface area contributed by atoms with E-state index in [9.17, 15) is 0 Å². The summed E-state index contributed by atoms with van der Waals surface area (Å²) in [5.74, 6) is 0. The van der Waals surface area contributed by atoms with Gasteiger partial charge >= 0.3 is 0 Å². The first-order valence-corrected chi connectivity index (χ1v) is 6.16. The lowest BCUT2D eigenvalue weighted by Gasteiger charge is -2.44. The molecule has 0 amide bonds. The molecular weight excluding hydrogens is 157 g/mol. The smallest absolute Gasteiger partial charge is 0.0537 e. The van der Waals surface area contributed by atoms with Crippen LogP contribution in [0, 0.1) is 0 Å². The van der Waals surface area contributed by atoms with Crippen LogP contribution in [0.25, 0.3) is 0 Å². The highest BCUT2D eigenvalue weighted by atomic mass is 31.1. The summed E-state index contributed by atoms with van der Waals surface area (Å²) < 4.78 is 0. The zero-order valence-corrected chi connectivity index (χ0v) is 7.98. The molecule has 2 bridgehead atoms. The Balaban J connectivity index is 1.94. The minimum absolute atomic E-state index is 0.309. The minimum atomic E-state index is 0.309. The molecule has 0 aromatic rings. The fourth-order valence-electron chi connectivity index (χ4n) is 1.75. The second-order valence-electron chi connectivity index (χ2n) is 3.32. The molecular formula is C7H16N3P. The van der Waals surface area contributed by atoms with Gasteiger partial charge in [0.2, 0.25) is 0 Å². The number of fused-ring (bicyclic) bond motifs is 2. The Morgan fingerprint density at radius 2 is 1.91 bits per heavy atom. The Labute approximate surface area is 69.5 Å². The van der Waals surface area contributed by atoms with E-state index in [0.29, 0.717) is 7.92 Å². The monoisotopic (exact) mass is 173 g/mol. The molecule has 0 aromatic heterocycles. The van der Waals surface area contributed by atoms with Crippen molar-refractivity contribution in [2.45, 2.75) is 6.92 Å². The summed E-state index contributed by atoms with van der Waals surface area (Å²) in [7, 11) is 0.309. The van der Waals surface area contributed by atoms with Crippen LogP contribution in [0.2, 0.25) is 0 Å². The molecule has 2 heterocycles. The lowest BCUT2D eigenvalue weighted by atomic mass is 10.6. The fourth-order valence-corrected chi connectivity index (χ4v) is 3.75. The van der Waals surface area contributed by atoms with Crippen LogP contribution < -0.4 is 5.32 Å². The van der Waals surface area contributed by atoms with Gasteiger partial charge in [-0.25, -0.2) is 0 Å². The Kier molecular flexibility index (Phi) is 2.42. The first-order chi connectivity index (χ1) is 5.38. The van der Waals surface area contributed by atoms with E-state index in [4.69, 9.17) is 0 Å². The number of nitrogens with one attached hydrogen (secondary N) is 1. The summed E-state index contributed by atoms with van der Waals surface area (Å²) in [6, 6.07) is 0. The molecule has 1 N–H and O–H groups in total. The maximum atomic E-state index is 3.39. The number of hydrogen-bond donors (Lipinski definition) is 1. The van der Waals surface area contributed by atoms with Crippen molar-refractivity contribution >= 4 is 7.92 Å². The molecule has 64 valence electrons. The van der Waals surface area contributed by atoms with Crippen molar-refractivity contribution in [3.8, 4) is 0 Å². The summed E-state index contributed by atoms with van der Waals surface area (Å²) in [6.45, 7) is 5.74. The van der Waals surface area contributed by atoms with Crippen molar-refractivity contribution in [1.82, 2.24) is 15.1 Å². The van der Waals surface area contributed by atoms with Gasteiger partial charge in [0, 0.05) is 12.6 Å². The van der Waals surface area contributed by atoms with Gasteiger partial charge in [0.1, 0.15) is 0 Å². The molecule has 2 unspecified atom stereocenters. The third-order valence-corrected chi connectivity index (χ3v) is 4.81. The van der Waals surface area contributed by atoms with Gasteiger partial charge in [0.05, 0.1) is 20.0 Å². The predicted molar refractivity (Wildman–Crippen MR) is 48.6 cm³/mol. The predicted octanol–water partition coefficient (Wildman–Crippen LogP) is 0.496. The average molecular weight is 173 g/mol. The van der Waals surface area contributed by atoms with Crippen molar-refractivity contribution in [1.29, 1.82) is 0 Å². The van der Waals surface area contributed by atoms with Crippen LogP contribution in [-0.2, 0) is 0 Å². The van der Waals surface area contributed by atoms with Gasteiger partial charge in [-0.2, -0.15) is 0 Å². The molecule has 2 saturated heterocycles. The minimum Gasteiger partial charge on any atom is -0.291 e. The largest absolute Gasteiger partial charge is 0.291 e. The summed E-state index contributed by atoms with van der Waals surface area (Å²) >= 11 is 0. The quantitative estimate of drug-likeness (QED) is 0.582. The average Bonchev–Trinajstić information content (AvgIpc) is 2.03. The van der Waals surface area contributed by atoms with Crippen LogP contribution >= 0.6 is 7.92 Å². The van der Waals surface area contributed by atoms with Gasteiger partial charge in [0.25, 0.3) is 0 Å².